The molecule has 3 unspecified atom stereocenters. The number of aryl methyl sites for hydroxylation is 1. The zero-order valence-electron chi connectivity index (χ0n) is 25.5. The van der Waals surface area contributed by atoms with Gasteiger partial charge in [0.25, 0.3) is 5.91 Å². The molecule has 12 heteroatoms. The Morgan fingerprint density at radius 3 is 2.45 bits per heavy atom. The number of benzene rings is 2. The molecule has 1 fully saturated rings. The van der Waals surface area contributed by atoms with Crippen LogP contribution in [0.1, 0.15) is 77.9 Å². The highest BCUT2D eigenvalue weighted by atomic mass is 79.9. The monoisotopic (exact) mass is 668 g/mol. The van der Waals surface area contributed by atoms with Gasteiger partial charge < -0.3 is 31.9 Å². The number of halogens is 1. The van der Waals surface area contributed by atoms with E-state index in [1.165, 1.54) is 22.6 Å². The van der Waals surface area contributed by atoms with Gasteiger partial charge in [-0.3, -0.25) is 24.0 Å². The Balaban J connectivity index is 1.60. The molecule has 11 nitrogen and oxygen atoms in total. The first-order chi connectivity index (χ1) is 20.8. The number of hydrogen-bond acceptors (Lipinski definition) is 6. The summed E-state index contributed by atoms with van der Waals surface area (Å²) in [7, 11) is 1.64. The molecule has 4 rings (SSSR count). The van der Waals surface area contributed by atoms with Crippen LogP contribution in [-0.4, -0.2) is 72.7 Å². The number of carbonyl (C=O) groups excluding carboxylic acids is 5. The number of amides is 5. The summed E-state index contributed by atoms with van der Waals surface area (Å²) in [6.07, 6.45) is 2.78. The summed E-state index contributed by atoms with van der Waals surface area (Å²) in [5.74, 6) is -2.17. The highest BCUT2D eigenvalue weighted by Gasteiger charge is 2.45. The van der Waals surface area contributed by atoms with Crippen molar-refractivity contribution in [1.29, 1.82) is 0 Å². The Labute approximate surface area is 266 Å². The van der Waals surface area contributed by atoms with Crippen molar-refractivity contribution in [1.82, 2.24) is 26.2 Å². The van der Waals surface area contributed by atoms with Crippen LogP contribution in [-0.2, 0) is 20.8 Å². The minimum Gasteiger partial charge on any atom is -0.366 e. The SMILES string of the molecule is CNCC(=O)NC(C(=O)N1C[C@@H](NC(=O)c2cccc(C(N)=O)c2)CC1C(=O)NC1CCCc2ccc(Br)cc21)C(C)(C)C. The molecule has 0 radical (unpaired) electrons. The van der Waals surface area contributed by atoms with Gasteiger partial charge >= 0.3 is 0 Å². The summed E-state index contributed by atoms with van der Waals surface area (Å²) < 4.78 is 0.920. The second-order valence-electron chi connectivity index (χ2n) is 12.6. The summed E-state index contributed by atoms with van der Waals surface area (Å²) >= 11 is 3.54. The third-order valence-corrected chi connectivity index (χ3v) is 8.62. The van der Waals surface area contributed by atoms with Gasteiger partial charge in [0, 0.05) is 28.2 Å². The minimum atomic E-state index is -0.910. The van der Waals surface area contributed by atoms with E-state index in [-0.39, 0.29) is 48.5 Å². The first-order valence-electron chi connectivity index (χ1n) is 14.8. The highest BCUT2D eigenvalue weighted by Crippen LogP contribution is 2.33. The second kappa shape index (κ2) is 13.9. The van der Waals surface area contributed by atoms with Crippen molar-refractivity contribution >= 4 is 45.5 Å². The summed E-state index contributed by atoms with van der Waals surface area (Å²) in [5.41, 5.74) is 7.38. The smallest absolute Gasteiger partial charge is 0.251 e. The molecule has 0 bridgehead atoms. The number of nitrogens with zero attached hydrogens (tertiary/aromatic N) is 1. The molecule has 236 valence electrons. The number of likely N-dealkylation sites (N-methyl/N-ethyl adjacent to an activating group) is 1. The van der Waals surface area contributed by atoms with Crippen LogP contribution in [0.4, 0.5) is 0 Å². The number of nitrogens with two attached hydrogens (primary N) is 1. The summed E-state index contributed by atoms with van der Waals surface area (Å²) in [6, 6.07) is 9.56. The van der Waals surface area contributed by atoms with Crippen LogP contribution in [0.25, 0.3) is 0 Å². The maximum atomic E-state index is 14.1. The van der Waals surface area contributed by atoms with Crippen molar-refractivity contribution in [2.45, 2.75) is 70.6 Å². The number of likely N-dealkylation sites (tertiary alicyclic amines) is 1. The average molecular weight is 670 g/mol. The van der Waals surface area contributed by atoms with Gasteiger partial charge in [-0.2, -0.15) is 0 Å². The van der Waals surface area contributed by atoms with E-state index in [1.807, 2.05) is 32.9 Å². The first-order valence-corrected chi connectivity index (χ1v) is 15.6. The molecule has 1 aliphatic heterocycles. The fourth-order valence-corrected chi connectivity index (χ4v) is 6.27. The predicted octanol–water partition coefficient (Wildman–Crippen LogP) is 2.19. The van der Waals surface area contributed by atoms with E-state index in [9.17, 15) is 24.0 Å². The molecular formula is C32H41BrN6O5. The molecule has 4 atom stereocenters. The molecule has 2 aliphatic rings. The van der Waals surface area contributed by atoms with Gasteiger partial charge in [0.05, 0.1) is 12.6 Å². The van der Waals surface area contributed by atoms with E-state index in [2.05, 4.69) is 43.3 Å². The van der Waals surface area contributed by atoms with Gasteiger partial charge in [-0.05, 0) is 79.6 Å². The fraction of sp³-hybridized carbons (Fsp3) is 0.469. The largest absolute Gasteiger partial charge is 0.366 e. The Hall–Kier alpha value is -3.77. The number of carbonyl (C=O) groups is 5. The van der Waals surface area contributed by atoms with E-state index in [4.69, 9.17) is 5.73 Å². The molecule has 1 saturated heterocycles. The Morgan fingerprint density at radius 2 is 1.77 bits per heavy atom. The van der Waals surface area contributed by atoms with Gasteiger partial charge in [-0.15, -0.1) is 0 Å². The molecule has 0 aromatic heterocycles. The lowest BCUT2D eigenvalue weighted by Gasteiger charge is -2.36. The normalized spacial score (nSPS) is 20.3. The Morgan fingerprint density at radius 1 is 1.05 bits per heavy atom. The first kappa shape index (κ1) is 33.1. The quantitative estimate of drug-likeness (QED) is 0.275. The lowest BCUT2D eigenvalue weighted by molar-refractivity contribution is -0.144. The van der Waals surface area contributed by atoms with Gasteiger partial charge in [-0.1, -0.05) is 48.8 Å². The summed E-state index contributed by atoms with van der Waals surface area (Å²) in [6.45, 7) is 5.65. The standard InChI is InChI=1S/C32H41BrN6O5/c1-32(2,3)27(38-26(40)16-35-4)31(44)39-17-22(36-29(42)20-9-5-8-19(13-20)28(34)41)15-25(39)30(43)37-24-10-6-7-18-11-12-21(33)14-23(18)24/h5,8-9,11-14,22,24-25,27,35H,6-7,10,15-17H2,1-4H3,(H2,34,41)(H,36,42)(H,37,43)(H,38,40)/t22-,24?,25?,27?/m0/s1. The number of fused-ring (bicyclic) bond motifs is 1. The molecule has 1 aliphatic carbocycles. The Bertz CT molecular complexity index is 1440. The van der Waals surface area contributed by atoms with Gasteiger partial charge in [-0.25, -0.2) is 0 Å². The number of nitrogens with one attached hydrogen (secondary N) is 4. The lowest BCUT2D eigenvalue weighted by atomic mass is 9.85. The Kier molecular flexibility index (Phi) is 10.5. The number of rotatable bonds is 9. The fourth-order valence-electron chi connectivity index (χ4n) is 5.89. The van der Waals surface area contributed by atoms with Crippen molar-refractivity contribution in [2.75, 3.05) is 20.1 Å². The van der Waals surface area contributed by atoms with Crippen LogP contribution in [0.5, 0.6) is 0 Å². The zero-order chi connectivity index (χ0) is 32.2. The molecule has 5 amide bonds. The molecule has 2 aromatic carbocycles. The van der Waals surface area contributed by atoms with Crippen LogP contribution in [0.3, 0.4) is 0 Å². The summed E-state index contributed by atoms with van der Waals surface area (Å²) in [5, 5.41) is 11.7. The lowest BCUT2D eigenvalue weighted by Crippen LogP contribution is -2.58. The van der Waals surface area contributed by atoms with Crippen LogP contribution < -0.4 is 27.0 Å². The van der Waals surface area contributed by atoms with Crippen molar-refractivity contribution in [3.8, 4) is 0 Å². The van der Waals surface area contributed by atoms with Crippen LogP contribution in [0, 0.1) is 5.41 Å². The predicted molar refractivity (Wildman–Crippen MR) is 170 cm³/mol. The molecule has 0 spiro atoms. The molecule has 44 heavy (non-hydrogen) atoms. The molecule has 1 heterocycles. The third kappa shape index (κ3) is 7.84. The molecule has 2 aromatic rings. The van der Waals surface area contributed by atoms with Crippen LogP contribution in [0.15, 0.2) is 46.9 Å². The molecule has 0 saturated carbocycles. The van der Waals surface area contributed by atoms with Gasteiger partial charge in [0.15, 0.2) is 0 Å². The van der Waals surface area contributed by atoms with E-state index in [0.717, 1.165) is 29.3 Å². The maximum absolute atomic E-state index is 14.1. The van der Waals surface area contributed by atoms with Gasteiger partial charge in [0.2, 0.25) is 23.6 Å². The third-order valence-electron chi connectivity index (χ3n) is 8.13. The highest BCUT2D eigenvalue weighted by molar-refractivity contribution is 9.10. The minimum absolute atomic E-state index is 0.0312. The summed E-state index contributed by atoms with van der Waals surface area (Å²) in [4.78, 5) is 67.0. The van der Waals surface area contributed by atoms with Crippen molar-refractivity contribution in [3.05, 3.63) is 69.2 Å². The van der Waals surface area contributed by atoms with Crippen LogP contribution in [0.2, 0.25) is 0 Å². The average Bonchev–Trinajstić information content (AvgIpc) is 3.39. The van der Waals surface area contributed by atoms with Gasteiger partial charge in [0.1, 0.15) is 12.1 Å². The van der Waals surface area contributed by atoms with E-state index >= 15 is 0 Å². The van der Waals surface area contributed by atoms with Crippen molar-refractivity contribution in [2.24, 2.45) is 11.1 Å². The maximum Gasteiger partial charge on any atom is 0.251 e. The second-order valence-corrected chi connectivity index (χ2v) is 13.5. The molecular weight excluding hydrogens is 628 g/mol. The van der Waals surface area contributed by atoms with E-state index in [1.54, 1.807) is 19.2 Å². The number of primary amides is 1. The van der Waals surface area contributed by atoms with E-state index in [0.29, 0.717) is 0 Å². The van der Waals surface area contributed by atoms with Crippen LogP contribution >= 0.6 is 15.9 Å². The molecule has 6 N–H and O–H groups in total. The van der Waals surface area contributed by atoms with E-state index < -0.39 is 41.3 Å². The van der Waals surface area contributed by atoms with Crippen molar-refractivity contribution < 1.29 is 24.0 Å². The number of hydrogen-bond donors (Lipinski definition) is 5. The zero-order valence-corrected chi connectivity index (χ0v) is 27.1. The topological polar surface area (TPSA) is 163 Å². The van der Waals surface area contributed by atoms with Crippen molar-refractivity contribution in [3.63, 3.8) is 0 Å².